The first-order valence-corrected chi connectivity index (χ1v) is 3.06. The number of anilines is 1. The normalized spacial score (nSPS) is 9.42. The van der Waals surface area contributed by atoms with Crippen LogP contribution in [0, 0.1) is 0 Å². The van der Waals surface area contributed by atoms with E-state index in [0.29, 0.717) is 5.82 Å². The molecule has 1 aromatic heterocycles. The molecule has 0 spiro atoms. The highest BCUT2D eigenvalue weighted by molar-refractivity contribution is 6.38. The molecule has 0 atom stereocenters. The van der Waals surface area contributed by atoms with E-state index in [0.717, 1.165) is 0 Å². The number of hydrogen-bond donors (Lipinski definition) is 2. The summed E-state index contributed by atoms with van der Waals surface area (Å²) in [5.74, 6) is -1.62. The first-order valence-electron chi connectivity index (χ1n) is 3.06. The summed E-state index contributed by atoms with van der Waals surface area (Å²) < 4.78 is 1.31. The molecule has 0 saturated heterocycles. The maximum atomic E-state index is 10.7. The number of primary amides is 1. The minimum absolute atomic E-state index is 0.318. The number of nitrogens with zero attached hydrogens (tertiary/aromatic N) is 3. The van der Waals surface area contributed by atoms with Crippen molar-refractivity contribution in [3.8, 4) is 0 Å². The minimum atomic E-state index is -1.05. The maximum absolute atomic E-state index is 10.7. The molecule has 12 heavy (non-hydrogen) atoms. The molecule has 0 aliphatic carbocycles. The number of hydrogen-bond acceptors (Lipinski definition) is 4. The zero-order valence-electron chi connectivity index (χ0n) is 6.31. The zero-order valence-corrected chi connectivity index (χ0v) is 6.31. The van der Waals surface area contributed by atoms with E-state index in [2.05, 4.69) is 15.6 Å². The van der Waals surface area contributed by atoms with Crippen LogP contribution in [-0.2, 0) is 16.6 Å². The molecule has 7 nitrogen and oxygen atoms in total. The molecule has 1 aromatic rings. The van der Waals surface area contributed by atoms with E-state index in [1.54, 1.807) is 7.05 Å². The average molecular weight is 169 g/mol. The predicted molar refractivity (Wildman–Crippen MR) is 38.8 cm³/mol. The van der Waals surface area contributed by atoms with E-state index in [-0.39, 0.29) is 0 Å². The summed E-state index contributed by atoms with van der Waals surface area (Å²) in [7, 11) is 1.57. The monoisotopic (exact) mass is 169 g/mol. The lowest BCUT2D eigenvalue weighted by atomic mass is 10.5. The molecule has 2 amide bonds. The van der Waals surface area contributed by atoms with Gasteiger partial charge in [0.2, 0.25) is 0 Å². The van der Waals surface area contributed by atoms with E-state index in [1.807, 2.05) is 0 Å². The quantitative estimate of drug-likeness (QED) is 0.486. The van der Waals surface area contributed by atoms with Crippen LogP contribution in [0.2, 0.25) is 0 Å². The topological polar surface area (TPSA) is 103 Å². The highest BCUT2D eigenvalue weighted by Gasteiger charge is 2.10. The molecule has 0 bridgehead atoms. The van der Waals surface area contributed by atoms with Gasteiger partial charge in [-0.3, -0.25) is 9.59 Å². The second-order valence-electron chi connectivity index (χ2n) is 2.06. The molecular weight excluding hydrogens is 162 g/mol. The first-order chi connectivity index (χ1) is 5.61. The average Bonchev–Trinajstić information content (AvgIpc) is 2.36. The van der Waals surface area contributed by atoms with Crippen molar-refractivity contribution in [2.75, 3.05) is 5.32 Å². The SMILES string of the molecule is Cn1nncc1NC(=O)C(N)=O. The third-order valence-corrected chi connectivity index (χ3v) is 1.18. The van der Waals surface area contributed by atoms with Crippen molar-refractivity contribution in [3.63, 3.8) is 0 Å². The Morgan fingerprint density at radius 1 is 1.67 bits per heavy atom. The fourth-order valence-corrected chi connectivity index (χ4v) is 0.581. The fraction of sp³-hybridized carbons (Fsp3) is 0.200. The van der Waals surface area contributed by atoms with Gasteiger partial charge in [0.05, 0.1) is 6.20 Å². The summed E-state index contributed by atoms with van der Waals surface area (Å²) in [6, 6.07) is 0. The van der Waals surface area contributed by atoms with E-state index >= 15 is 0 Å². The van der Waals surface area contributed by atoms with Gasteiger partial charge < -0.3 is 11.1 Å². The van der Waals surface area contributed by atoms with Gasteiger partial charge in [-0.05, 0) is 0 Å². The molecule has 0 aliphatic heterocycles. The Bertz CT molecular complexity index is 317. The predicted octanol–water partition coefficient (Wildman–Crippen LogP) is -1.76. The third-order valence-electron chi connectivity index (χ3n) is 1.18. The Labute approximate surface area is 67.5 Å². The molecule has 0 aliphatic rings. The molecule has 3 N–H and O–H groups in total. The highest BCUT2D eigenvalue weighted by Crippen LogP contribution is 1.99. The number of rotatable bonds is 1. The van der Waals surface area contributed by atoms with Crippen LogP contribution in [-0.4, -0.2) is 26.8 Å². The Morgan fingerprint density at radius 3 is 2.75 bits per heavy atom. The van der Waals surface area contributed by atoms with Gasteiger partial charge in [-0.2, -0.15) is 0 Å². The van der Waals surface area contributed by atoms with Gasteiger partial charge in [0.15, 0.2) is 5.82 Å². The van der Waals surface area contributed by atoms with Crippen molar-refractivity contribution in [1.29, 1.82) is 0 Å². The Hall–Kier alpha value is -1.92. The lowest BCUT2D eigenvalue weighted by Gasteiger charge is -1.99. The van der Waals surface area contributed by atoms with Gasteiger partial charge in [-0.15, -0.1) is 5.10 Å². The Kier molecular flexibility index (Phi) is 2.04. The molecule has 0 saturated carbocycles. The van der Waals surface area contributed by atoms with E-state index in [1.165, 1.54) is 10.9 Å². The lowest BCUT2D eigenvalue weighted by Crippen LogP contribution is -2.30. The van der Waals surface area contributed by atoms with E-state index in [9.17, 15) is 9.59 Å². The summed E-state index contributed by atoms with van der Waals surface area (Å²) in [6.45, 7) is 0. The largest absolute Gasteiger partial charge is 0.361 e. The van der Waals surface area contributed by atoms with Crippen LogP contribution in [0.15, 0.2) is 6.20 Å². The molecule has 0 unspecified atom stereocenters. The lowest BCUT2D eigenvalue weighted by molar-refractivity contribution is -0.134. The van der Waals surface area contributed by atoms with Gasteiger partial charge in [0.1, 0.15) is 0 Å². The van der Waals surface area contributed by atoms with Crippen molar-refractivity contribution in [2.24, 2.45) is 12.8 Å². The first kappa shape index (κ1) is 8.18. The summed E-state index contributed by atoms with van der Waals surface area (Å²) in [5, 5.41) is 9.22. The number of aromatic nitrogens is 3. The number of amides is 2. The molecule has 7 heteroatoms. The molecule has 64 valence electrons. The second-order valence-corrected chi connectivity index (χ2v) is 2.06. The number of carbonyl (C=O) groups is 2. The van der Waals surface area contributed by atoms with Gasteiger partial charge in [-0.25, -0.2) is 4.68 Å². The zero-order chi connectivity index (χ0) is 9.14. The minimum Gasteiger partial charge on any atom is -0.361 e. The van der Waals surface area contributed by atoms with Crippen LogP contribution in [0.1, 0.15) is 0 Å². The van der Waals surface area contributed by atoms with E-state index < -0.39 is 11.8 Å². The standard InChI is InChI=1S/C5H7N5O2/c1-10-3(2-7-9-10)8-5(12)4(6)11/h2H,1H3,(H2,6,11)(H,8,12). The molecule has 1 heterocycles. The van der Waals surface area contributed by atoms with Gasteiger partial charge >= 0.3 is 11.8 Å². The summed E-state index contributed by atoms with van der Waals surface area (Å²) in [6.07, 6.45) is 1.31. The number of carbonyl (C=O) groups excluding carboxylic acids is 2. The molecule has 0 aromatic carbocycles. The summed E-state index contributed by atoms with van der Waals surface area (Å²) in [4.78, 5) is 21.0. The highest BCUT2D eigenvalue weighted by atomic mass is 16.2. The van der Waals surface area contributed by atoms with Crippen molar-refractivity contribution in [2.45, 2.75) is 0 Å². The van der Waals surface area contributed by atoms with Crippen LogP contribution in [0.3, 0.4) is 0 Å². The summed E-state index contributed by atoms with van der Waals surface area (Å²) >= 11 is 0. The van der Waals surface area contributed by atoms with E-state index in [4.69, 9.17) is 5.73 Å². The van der Waals surface area contributed by atoms with Crippen molar-refractivity contribution >= 4 is 17.6 Å². The summed E-state index contributed by atoms with van der Waals surface area (Å²) in [5.41, 5.74) is 4.70. The Balaban J connectivity index is 2.71. The van der Waals surface area contributed by atoms with Crippen LogP contribution in [0.5, 0.6) is 0 Å². The van der Waals surface area contributed by atoms with Crippen LogP contribution < -0.4 is 11.1 Å². The molecular formula is C5H7N5O2. The smallest absolute Gasteiger partial charge is 0.314 e. The van der Waals surface area contributed by atoms with Crippen LogP contribution in [0.25, 0.3) is 0 Å². The number of nitrogens with two attached hydrogens (primary N) is 1. The molecule has 1 rings (SSSR count). The van der Waals surface area contributed by atoms with Crippen molar-refractivity contribution < 1.29 is 9.59 Å². The number of nitrogens with one attached hydrogen (secondary N) is 1. The van der Waals surface area contributed by atoms with Gasteiger partial charge in [0.25, 0.3) is 0 Å². The van der Waals surface area contributed by atoms with Gasteiger partial charge in [-0.1, -0.05) is 5.21 Å². The van der Waals surface area contributed by atoms with Crippen molar-refractivity contribution in [3.05, 3.63) is 6.20 Å². The third kappa shape index (κ3) is 1.57. The van der Waals surface area contributed by atoms with Crippen LogP contribution >= 0.6 is 0 Å². The van der Waals surface area contributed by atoms with Crippen LogP contribution in [0.4, 0.5) is 5.82 Å². The molecule has 0 radical (unpaired) electrons. The molecule has 0 fully saturated rings. The van der Waals surface area contributed by atoms with Gasteiger partial charge in [0, 0.05) is 7.05 Å². The number of aryl methyl sites for hydroxylation is 1. The maximum Gasteiger partial charge on any atom is 0.314 e. The van der Waals surface area contributed by atoms with Crippen molar-refractivity contribution in [1.82, 2.24) is 15.0 Å². The fourth-order valence-electron chi connectivity index (χ4n) is 0.581. The Morgan fingerprint density at radius 2 is 2.33 bits per heavy atom. The second kappa shape index (κ2) is 2.99.